The Morgan fingerprint density at radius 1 is 1.40 bits per heavy atom. The number of aliphatic imine (C=N–C) groups is 1. The fourth-order valence-electron chi connectivity index (χ4n) is 1.66. The molecule has 0 aromatic carbocycles. The Hall–Kier alpha value is -0.830. The van der Waals surface area contributed by atoms with E-state index < -0.39 is 0 Å². The first-order valence-electron chi connectivity index (χ1n) is 6.77. The molecule has 1 aromatic rings. The largest absolute Gasteiger partial charge is 0.357 e. The first kappa shape index (κ1) is 19.2. The number of nitrogens with zero attached hydrogens (tertiary/aromatic N) is 4. The molecule has 1 aromatic heterocycles. The molecule has 0 aliphatic carbocycles. The highest BCUT2D eigenvalue weighted by molar-refractivity contribution is 14.0. The minimum Gasteiger partial charge on any atom is -0.357 e. The van der Waals surface area contributed by atoms with Crippen LogP contribution in [0.4, 0.5) is 0 Å². The third-order valence-corrected chi connectivity index (χ3v) is 2.74. The lowest BCUT2D eigenvalue weighted by Gasteiger charge is -2.13. The minimum atomic E-state index is 0. The van der Waals surface area contributed by atoms with Crippen molar-refractivity contribution in [2.45, 2.75) is 19.9 Å². The summed E-state index contributed by atoms with van der Waals surface area (Å²) in [5.41, 5.74) is 1.10. The summed E-state index contributed by atoms with van der Waals surface area (Å²) in [4.78, 5) is 6.74. The van der Waals surface area contributed by atoms with Crippen molar-refractivity contribution in [3.8, 4) is 0 Å². The van der Waals surface area contributed by atoms with Crippen molar-refractivity contribution >= 4 is 29.9 Å². The maximum absolute atomic E-state index is 4.55. The van der Waals surface area contributed by atoms with Gasteiger partial charge < -0.3 is 15.5 Å². The van der Waals surface area contributed by atoms with Crippen molar-refractivity contribution in [2.24, 2.45) is 12.0 Å². The van der Waals surface area contributed by atoms with Crippen LogP contribution >= 0.6 is 24.0 Å². The number of hydrogen-bond acceptors (Lipinski definition) is 3. The highest BCUT2D eigenvalue weighted by atomic mass is 127. The van der Waals surface area contributed by atoms with Gasteiger partial charge in [-0.3, -0.25) is 4.68 Å². The molecule has 0 bridgehead atoms. The average molecular weight is 394 g/mol. The van der Waals surface area contributed by atoms with Gasteiger partial charge in [0.25, 0.3) is 0 Å². The van der Waals surface area contributed by atoms with Gasteiger partial charge in [-0.2, -0.15) is 5.10 Å². The van der Waals surface area contributed by atoms with E-state index in [0.29, 0.717) is 6.54 Å². The second-order valence-corrected chi connectivity index (χ2v) is 4.72. The number of guanidine groups is 1. The summed E-state index contributed by atoms with van der Waals surface area (Å²) in [6.45, 7) is 5.58. The topological polar surface area (TPSA) is 57.5 Å². The van der Waals surface area contributed by atoms with Crippen molar-refractivity contribution < 1.29 is 0 Å². The van der Waals surface area contributed by atoms with E-state index in [2.05, 4.69) is 46.6 Å². The van der Waals surface area contributed by atoms with Gasteiger partial charge in [-0.05, 0) is 40.1 Å². The lowest BCUT2D eigenvalue weighted by atomic mass is 10.4. The molecule has 1 heterocycles. The van der Waals surface area contributed by atoms with Gasteiger partial charge in [-0.25, -0.2) is 4.99 Å². The van der Waals surface area contributed by atoms with Gasteiger partial charge in [0.1, 0.15) is 0 Å². The molecular weight excluding hydrogens is 367 g/mol. The smallest absolute Gasteiger partial charge is 0.191 e. The van der Waals surface area contributed by atoms with E-state index in [1.165, 1.54) is 0 Å². The lowest BCUT2D eigenvalue weighted by Crippen LogP contribution is -2.38. The molecule has 116 valence electrons. The second-order valence-electron chi connectivity index (χ2n) is 4.72. The van der Waals surface area contributed by atoms with Crippen LogP contribution in [0.15, 0.2) is 17.3 Å². The molecule has 2 N–H and O–H groups in total. The highest BCUT2D eigenvalue weighted by Crippen LogP contribution is 1.97. The van der Waals surface area contributed by atoms with E-state index in [0.717, 1.165) is 37.7 Å². The quantitative estimate of drug-likeness (QED) is 0.314. The monoisotopic (exact) mass is 394 g/mol. The number of halogens is 1. The molecule has 0 saturated carbocycles. The molecule has 0 spiro atoms. The molecule has 0 atom stereocenters. The SMILES string of the molecule is CCNC(=NCc1ccnn1C)NCCCN(C)C.I. The van der Waals surface area contributed by atoms with Crippen LogP contribution in [0.2, 0.25) is 0 Å². The van der Waals surface area contributed by atoms with E-state index in [-0.39, 0.29) is 24.0 Å². The summed E-state index contributed by atoms with van der Waals surface area (Å²) >= 11 is 0. The van der Waals surface area contributed by atoms with Crippen LogP contribution in [0.25, 0.3) is 0 Å². The fraction of sp³-hybridized carbons (Fsp3) is 0.692. The third-order valence-electron chi connectivity index (χ3n) is 2.74. The molecule has 1 rings (SSSR count). The van der Waals surface area contributed by atoms with Crippen LogP contribution in [0, 0.1) is 0 Å². The molecule has 0 unspecified atom stereocenters. The zero-order valence-corrected chi connectivity index (χ0v) is 15.2. The number of nitrogens with one attached hydrogen (secondary N) is 2. The van der Waals surface area contributed by atoms with Gasteiger partial charge in [0, 0.05) is 26.3 Å². The average Bonchev–Trinajstić information content (AvgIpc) is 2.77. The molecule has 0 aliphatic heterocycles. The van der Waals surface area contributed by atoms with Crippen LogP contribution in [0.3, 0.4) is 0 Å². The zero-order chi connectivity index (χ0) is 14.1. The number of aryl methyl sites for hydroxylation is 1. The van der Waals surface area contributed by atoms with E-state index in [9.17, 15) is 0 Å². The number of aromatic nitrogens is 2. The summed E-state index contributed by atoms with van der Waals surface area (Å²) in [6.07, 6.45) is 2.89. The van der Waals surface area contributed by atoms with E-state index >= 15 is 0 Å². The minimum absolute atomic E-state index is 0. The Labute approximate surface area is 139 Å². The zero-order valence-electron chi connectivity index (χ0n) is 12.9. The van der Waals surface area contributed by atoms with Gasteiger partial charge in [0.2, 0.25) is 0 Å². The van der Waals surface area contributed by atoms with Crippen LogP contribution in [-0.2, 0) is 13.6 Å². The Morgan fingerprint density at radius 3 is 2.70 bits per heavy atom. The summed E-state index contributed by atoms with van der Waals surface area (Å²) in [6, 6.07) is 1.99. The van der Waals surface area contributed by atoms with E-state index in [1.807, 2.05) is 17.8 Å². The Bertz CT molecular complexity index is 388. The molecule has 0 saturated heterocycles. The third kappa shape index (κ3) is 7.68. The van der Waals surface area contributed by atoms with Gasteiger partial charge in [0.15, 0.2) is 5.96 Å². The molecule has 6 nitrogen and oxygen atoms in total. The number of rotatable bonds is 7. The van der Waals surface area contributed by atoms with Crippen molar-refractivity contribution in [1.29, 1.82) is 0 Å². The fourth-order valence-corrected chi connectivity index (χ4v) is 1.66. The Kier molecular flexibility index (Phi) is 10.4. The van der Waals surface area contributed by atoms with E-state index in [1.54, 1.807) is 6.20 Å². The van der Waals surface area contributed by atoms with Crippen molar-refractivity contribution in [1.82, 2.24) is 25.3 Å². The van der Waals surface area contributed by atoms with Crippen LogP contribution in [0.1, 0.15) is 19.0 Å². The van der Waals surface area contributed by atoms with Crippen LogP contribution in [-0.4, -0.2) is 54.4 Å². The van der Waals surface area contributed by atoms with Gasteiger partial charge in [0.05, 0.1) is 12.2 Å². The van der Waals surface area contributed by atoms with Crippen LogP contribution < -0.4 is 10.6 Å². The predicted octanol–water partition coefficient (Wildman–Crippen LogP) is 1.04. The molecule has 0 amide bonds. The standard InChI is InChI=1S/C13H26N6.HI/c1-5-14-13(15-8-6-10-18(2)3)16-11-12-7-9-17-19(12)4;/h7,9H,5-6,8,10-11H2,1-4H3,(H2,14,15,16);1H. The maximum Gasteiger partial charge on any atom is 0.191 e. The molecule has 0 radical (unpaired) electrons. The first-order valence-corrected chi connectivity index (χ1v) is 6.77. The maximum atomic E-state index is 4.55. The molecule has 0 aliphatic rings. The molecule has 7 heteroatoms. The normalized spacial score (nSPS) is 11.3. The summed E-state index contributed by atoms with van der Waals surface area (Å²) < 4.78 is 1.85. The predicted molar refractivity (Wildman–Crippen MR) is 94.6 cm³/mol. The molecule has 20 heavy (non-hydrogen) atoms. The second kappa shape index (κ2) is 10.9. The lowest BCUT2D eigenvalue weighted by molar-refractivity contribution is 0.399. The first-order chi connectivity index (χ1) is 9.13. The van der Waals surface area contributed by atoms with Gasteiger partial charge in [-0.1, -0.05) is 0 Å². The highest BCUT2D eigenvalue weighted by Gasteiger charge is 2.00. The van der Waals surface area contributed by atoms with Crippen molar-refractivity contribution in [3.63, 3.8) is 0 Å². The Balaban J connectivity index is 0.00000361. The Morgan fingerprint density at radius 2 is 2.15 bits per heavy atom. The van der Waals surface area contributed by atoms with E-state index in [4.69, 9.17) is 0 Å². The number of hydrogen-bond donors (Lipinski definition) is 2. The summed E-state index contributed by atoms with van der Waals surface area (Å²) in [5.74, 6) is 0.863. The summed E-state index contributed by atoms with van der Waals surface area (Å²) in [5, 5.41) is 10.7. The molecular formula is C13H27IN6. The van der Waals surface area contributed by atoms with Crippen LogP contribution in [0.5, 0.6) is 0 Å². The van der Waals surface area contributed by atoms with Crippen molar-refractivity contribution in [2.75, 3.05) is 33.7 Å². The molecule has 0 fully saturated rings. The van der Waals surface area contributed by atoms with Gasteiger partial charge in [-0.15, -0.1) is 24.0 Å². The van der Waals surface area contributed by atoms with Crippen molar-refractivity contribution in [3.05, 3.63) is 18.0 Å². The van der Waals surface area contributed by atoms with Gasteiger partial charge >= 0.3 is 0 Å². The summed E-state index contributed by atoms with van der Waals surface area (Å²) in [7, 11) is 6.10.